The number of hydrogen-bond donors (Lipinski definition) is 0. The van der Waals surface area contributed by atoms with Crippen molar-refractivity contribution in [3.8, 4) is 0 Å². The number of carbonyl (C=O) groups excluding carboxylic acids is 2. The van der Waals surface area contributed by atoms with Crippen molar-refractivity contribution in [2.24, 2.45) is 0 Å². The lowest BCUT2D eigenvalue weighted by Gasteiger charge is -2.09. The highest BCUT2D eigenvalue weighted by Gasteiger charge is 2.35. The van der Waals surface area contributed by atoms with E-state index in [1.54, 1.807) is 11.4 Å². The number of ketones is 1. The summed E-state index contributed by atoms with van der Waals surface area (Å²) in [6.07, 6.45) is -5.28. The molecule has 18 heavy (non-hydrogen) atoms. The van der Waals surface area contributed by atoms with E-state index in [1.165, 1.54) is 6.07 Å². The summed E-state index contributed by atoms with van der Waals surface area (Å²) in [5.74, 6) is -1.82. The molecule has 0 bridgehead atoms. The van der Waals surface area contributed by atoms with Crippen molar-refractivity contribution in [3.63, 3.8) is 0 Å². The highest BCUT2D eigenvalue weighted by molar-refractivity contribution is 7.12. The zero-order chi connectivity index (χ0) is 13.8. The second-order valence-corrected chi connectivity index (χ2v) is 4.21. The average molecular weight is 278 g/mol. The standard InChI is InChI=1S/C11H9F3O3S/c1-17-10(16)6-7(11(12,13)14)5-8(15)9-3-2-4-18-9/h2-5H,6H2,1H3/b7-5-. The quantitative estimate of drug-likeness (QED) is 0.483. The number of esters is 1. The van der Waals surface area contributed by atoms with Gasteiger partial charge in [0.1, 0.15) is 0 Å². The van der Waals surface area contributed by atoms with Crippen LogP contribution in [-0.4, -0.2) is 25.0 Å². The maximum atomic E-state index is 12.6. The second-order valence-electron chi connectivity index (χ2n) is 3.26. The van der Waals surface area contributed by atoms with Crippen LogP contribution in [-0.2, 0) is 9.53 Å². The number of ether oxygens (including phenoxy) is 1. The number of halogens is 3. The van der Waals surface area contributed by atoms with E-state index in [0.717, 1.165) is 18.4 Å². The van der Waals surface area contributed by atoms with E-state index in [-0.39, 0.29) is 4.88 Å². The van der Waals surface area contributed by atoms with E-state index in [2.05, 4.69) is 4.74 Å². The minimum absolute atomic E-state index is 0.182. The fourth-order valence-electron chi connectivity index (χ4n) is 1.11. The molecule has 0 unspecified atom stereocenters. The maximum absolute atomic E-state index is 12.6. The lowest BCUT2D eigenvalue weighted by Crippen LogP contribution is -2.17. The first-order valence-electron chi connectivity index (χ1n) is 4.77. The first kappa shape index (κ1) is 14.4. The Labute approximate surface area is 105 Å². The van der Waals surface area contributed by atoms with E-state index in [9.17, 15) is 22.8 Å². The summed E-state index contributed by atoms with van der Waals surface area (Å²) in [6, 6.07) is 2.97. The van der Waals surface area contributed by atoms with Gasteiger partial charge in [-0.1, -0.05) is 6.07 Å². The Bertz CT molecular complexity index is 460. The molecule has 1 rings (SSSR count). The van der Waals surface area contributed by atoms with E-state index in [4.69, 9.17) is 0 Å². The number of thiophene rings is 1. The Kier molecular flexibility index (Phi) is 4.66. The molecule has 0 aromatic carbocycles. The molecule has 3 nitrogen and oxygen atoms in total. The monoisotopic (exact) mass is 278 g/mol. The molecule has 0 atom stereocenters. The normalized spacial score (nSPS) is 12.3. The van der Waals surface area contributed by atoms with Crippen LogP contribution < -0.4 is 0 Å². The molecule has 0 saturated carbocycles. The molecular weight excluding hydrogens is 269 g/mol. The molecule has 1 heterocycles. The highest BCUT2D eigenvalue weighted by Crippen LogP contribution is 2.29. The first-order chi connectivity index (χ1) is 8.34. The Morgan fingerprint density at radius 2 is 2.11 bits per heavy atom. The molecule has 0 N–H and O–H groups in total. The molecule has 0 spiro atoms. The van der Waals surface area contributed by atoms with Crippen LogP contribution in [0.3, 0.4) is 0 Å². The van der Waals surface area contributed by atoms with Gasteiger partial charge in [-0.2, -0.15) is 13.2 Å². The van der Waals surface area contributed by atoms with Crippen molar-refractivity contribution in [2.45, 2.75) is 12.6 Å². The molecule has 7 heteroatoms. The van der Waals surface area contributed by atoms with E-state index < -0.39 is 29.9 Å². The average Bonchev–Trinajstić information content (AvgIpc) is 2.79. The lowest BCUT2D eigenvalue weighted by atomic mass is 10.1. The van der Waals surface area contributed by atoms with Crippen molar-refractivity contribution < 1.29 is 27.5 Å². The number of carbonyl (C=O) groups is 2. The van der Waals surface area contributed by atoms with E-state index in [1.807, 2.05) is 0 Å². The Hall–Kier alpha value is -1.63. The van der Waals surface area contributed by atoms with Crippen LogP contribution in [0, 0.1) is 0 Å². The van der Waals surface area contributed by atoms with Crippen molar-refractivity contribution in [2.75, 3.05) is 7.11 Å². The summed E-state index contributed by atoms with van der Waals surface area (Å²) in [5, 5.41) is 1.58. The van der Waals surface area contributed by atoms with Crippen LogP contribution in [0.15, 0.2) is 29.2 Å². The predicted molar refractivity (Wildman–Crippen MR) is 59.4 cm³/mol. The van der Waals surface area contributed by atoms with Crippen molar-refractivity contribution >= 4 is 23.1 Å². The highest BCUT2D eigenvalue weighted by atomic mass is 32.1. The van der Waals surface area contributed by atoms with Crippen molar-refractivity contribution in [3.05, 3.63) is 34.0 Å². The van der Waals surface area contributed by atoms with Gasteiger partial charge in [0.15, 0.2) is 5.78 Å². The second kappa shape index (κ2) is 5.81. The lowest BCUT2D eigenvalue weighted by molar-refractivity contribution is -0.143. The smallest absolute Gasteiger partial charge is 0.413 e. The number of methoxy groups -OCH3 is 1. The fraction of sp³-hybridized carbons (Fsp3) is 0.273. The van der Waals surface area contributed by atoms with Gasteiger partial charge in [0.2, 0.25) is 0 Å². The van der Waals surface area contributed by atoms with Crippen LogP contribution in [0.2, 0.25) is 0 Å². The molecule has 0 aliphatic heterocycles. The van der Waals surface area contributed by atoms with Gasteiger partial charge in [-0.3, -0.25) is 9.59 Å². The van der Waals surface area contributed by atoms with Crippen LogP contribution in [0.5, 0.6) is 0 Å². The summed E-state index contributed by atoms with van der Waals surface area (Å²) in [5.41, 5.74) is -1.22. The summed E-state index contributed by atoms with van der Waals surface area (Å²) in [7, 11) is 0.984. The third kappa shape index (κ3) is 3.99. The molecule has 0 radical (unpaired) electrons. The molecule has 1 aromatic rings. The topological polar surface area (TPSA) is 43.4 Å². The number of alkyl halides is 3. The molecule has 0 aliphatic rings. The Morgan fingerprint density at radius 3 is 2.56 bits per heavy atom. The summed E-state index contributed by atoms with van der Waals surface area (Å²) in [6.45, 7) is 0. The molecule has 98 valence electrons. The molecule has 0 saturated heterocycles. The minimum Gasteiger partial charge on any atom is -0.469 e. The first-order valence-corrected chi connectivity index (χ1v) is 5.65. The largest absolute Gasteiger partial charge is 0.469 e. The summed E-state index contributed by atoms with van der Waals surface area (Å²) >= 11 is 1.03. The zero-order valence-electron chi connectivity index (χ0n) is 9.28. The summed E-state index contributed by atoms with van der Waals surface area (Å²) < 4.78 is 41.9. The van der Waals surface area contributed by atoms with Gasteiger partial charge in [-0.15, -0.1) is 11.3 Å². The molecule has 0 fully saturated rings. The van der Waals surface area contributed by atoms with Gasteiger partial charge in [0.25, 0.3) is 0 Å². The van der Waals surface area contributed by atoms with E-state index in [0.29, 0.717) is 6.08 Å². The van der Waals surface area contributed by atoms with Crippen LogP contribution in [0.1, 0.15) is 16.1 Å². The van der Waals surface area contributed by atoms with Crippen molar-refractivity contribution in [1.29, 1.82) is 0 Å². The SMILES string of the molecule is COC(=O)C/C(=C/C(=O)c1cccs1)C(F)(F)F. The number of hydrogen-bond acceptors (Lipinski definition) is 4. The fourth-order valence-corrected chi connectivity index (χ4v) is 1.74. The third-order valence-electron chi connectivity index (χ3n) is 2.00. The van der Waals surface area contributed by atoms with Crippen LogP contribution >= 0.6 is 11.3 Å². The van der Waals surface area contributed by atoms with Gasteiger partial charge < -0.3 is 4.74 Å². The minimum atomic E-state index is -4.74. The van der Waals surface area contributed by atoms with Crippen LogP contribution in [0.4, 0.5) is 13.2 Å². The van der Waals surface area contributed by atoms with Gasteiger partial charge in [-0.05, 0) is 17.5 Å². The zero-order valence-corrected chi connectivity index (χ0v) is 10.1. The van der Waals surface area contributed by atoms with Gasteiger partial charge >= 0.3 is 12.1 Å². The number of allylic oxidation sites excluding steroid dienone is 1. The maximum Gasteiger partial charge on any atom is 0.413 e. The Balaban J connectivity index is 2.96. The molecular formula is C11H9F3O3S. The molecule has 1 aromatic heterocycles. The predicted octanol–water partition coefficient (Wildman–Crippen LogP) is 2.98. The number of rotatable bonds is 4. The van der Waals surface area contributed by atoms with E-state index >= 15 is 0 Å². The third-order valence-corrected chi connectivity index (χ3v) is 2.88. The van der Waals surface area contributed by atoms with Gasteiger partial charge in [0.05, 0.1) is 18.4 Å². The molecule has 0 aliphatic carbocycles. The van der Waals surface area contributed by atoms with Gasteiger partial charge in [-0.25, -0.2) is 0 Å². The Morgan fingerprint density at radius 1 is 1.44 bits per heavy atom. The van der Waals surface area contributed by atoms with Crippen LogP contribution in [0.25, 0.3) is 0 Å². The van der Waals surface area contributed by atoms with Gasteiger partial charge in [0, 0.05) is 5.57 Å². The molecule has 0 amide bonds. The van der Waals surface area contributed by atoms with Crippen molar-refractivity contribution in [1.82, 2.24) is 0 Å². The summed E-state index contributed by atoms with van der Waals surface area (Å²) in [4.78, 5) is 22.6.